The summed E-state index contributed by atoms with van der Waals surface area (Å²) in [5.74, 6) is 0.123. The molecule has 0 aromatic rings. The van der Waals surface area contributed by atoms with Gasteiger partial charge in [0.2, 0.25) is 0 Å². The van der Waals surface area contributed by atoms with E-state index in [-0.39, 0.29) is 17.9 Å². The summed E-state index contributed by atoms with van der Waals surface area (Å²) in [7, 11) is 0. The van der Waals surface area contributed by atoms with Gasteiger partial charge in [-0.05, 0) is 37.5 Å². The third-order valence-electron chi connectivity index (χ3n) is 3.16. The van der Waals surface area contributed by atoms with E-state index in [2.05, 4.69) is 28.1 Å². The highest BCUT2D eigenvalue weighted by Gasteiger charge is 2.32. The first-order chi connectivity index (χ1) is 9.13. The number of hydrogen-bond donors (Lipinski definition) is 0. The summed E-state index contributed by atoms with van der Waals surface area (Å²) in [5.41, 5.74) is 0. The Labute approximate surface area is 125 Å². The number of hydrogen-bond acceptors (Lipinski definition) is 3. The van der Waals surface area contributed by atoms with Gasteiger partial charge < -0.3 is 4.74 Å². The average molecular weight is 340 g/mol. The van der Waals surface area contributed by atoms with Crippen molar-refractivity contribution < 1.29 is 4.74 Å². The molecule has 2 aliphatic rings. The van der Waals surface area contributed by atoms with Crippen LogP contribution in [0.2, 0.25) is 0 Å². The standard InChI is InChI=1S/C14H12BrClN2O/c15-13-6-14(10(8-18)4-9(13)7-17)19-12-3-1-2-11(16)5-12/h3,5-6,9-10,14H,1-2,4H2. The Morgan fingerprint density at radius 1 is 1.37 bits per heavy atom. The molecule has 3 nitrogen and oxygen atoms in total. The maximum atomic E-state index is 9.20. The van der Waals surface area contributed by atoms with E-state index in [1.54, 1.807) is 6.08 Å². The van der Waals surface area contributed by atoms with E-state index in [4.69, 9.17) is 21.6 Å². The molecule has 0 saturated heterocycles. The molecule has 3 unspecified atom stereocenters. The minimum Gasteiger partial charge on any atom is -0.485 e. The van der Waals surface area contributed by atoms with Gasteiger partial charge in [-0.2, -0.15) is 10.5 Å². The minimum absolute atomic E-state index is 0.260. The van der Waals surface area contributed by atoms with Crippen LogP contribution < -0.4 is 0 Å². The van der Waals surface area contributed by atoms with E-state index in [0.29, 0.717) is 12.2 Å². The normalized spacial score (nSPS) is 30.3. The van der Waals surface area contributed by atoms with Crippen molar-refractivity contribution in [3.63, 3.8) is 0 Å². The van der Waals surface area contributed by atoms with Gasteiger partial charge in [-0.3, -0.25) is 0 Å². The van der Waals surface area contributed by atoms with Gasteiger partial charge in [-0.1, -0.05) is 27.5 Å². The van der Waals surface area contributed by atoms with Crippen molar-refractivity contribution in [2.24, 2.45) is 11.8 Å². The summed E-state index contributed by atoms with van der Waals surface area (Å²) in [5, 5.41) is 19.0. The highest BCUT2D eigenvalue weighted by atomic mass is 79.9. The van der Waals surface area contributed by atoms with Crippen molar-refractivity contribution in [1.82, 2.24) is 0 Å². The topological polar surface area (TPSA) is 56.8 Å². The Bertz CT molecular complexity index is 539. The van der Waals surface area contributed by atoms with Crippen molar-refractivity contribution in [2.75, 3.05) is 0 Å². The molecule has 0 bridgehead atoms. The Kier molecular flexibility index (Phi) is 4.69. The van der Waals surface area contributed by atoms with E-state index >= 15 is 0 Å². The van der Waals surface area contributed by atoms with Gasteiger partial charge in [0.25, 0.3) is 0 Å². The Balaban J connectivity index is 2.15. The molecule has 3 atom stereocenters. The number of nitriles is 2. The monoisotopic (exact) mass is 338 g/mol. The van der Waals surface area contributed by atoms with Crippen molar-refractivity contribution in [3.05, 3.63) is 33.5 Å². The summed E-state index contributed by atoms with van der Waals surface area (Å²) < 4.78 is 6.62. The van der Waals surface area contributed by atoms with Crippen LogP contribution in [-0.2, 0) is 4.74 Å². The number of rotatable bonds is 2. The third kappa shape index (κ3) is 3.41. The second-order valence-electron chi connectivity index (χ2n) is 4.52. The maximum Gasteiger partial charge on any atom is 0.134 e. The first-order valence-corrected chi connectivity index (χ1v) is 7.20. The third-order valence-corrected chi connectivity index (χ3v) is 4.28. The van der Waals surface area contributed by atoms with Gasteiger partial charge in [0.1, 0.15) is 11.9 Å². The quantitative estimate of drug-likeness (QED) is 0.760. The van der Waals surface area contributed by atoms with E-state index in [1.807, 2.05) is 12.2 Å². The lowest BCUT2D eigenvalue weighted by Gasteiger charge is -2.28. The first kappa shape index (κ1) is 14.2. The second kappa shape index (κ2) is 6.28. The maximum absolute atomic E-state index is 9.20. The van der Waals surface area contributed by atoms with Crippen LogP contribution in [-0.4, -0.2) is 6.10 Å². The molecule has 2 rings (SSSR count). The predicted molar refractivity (Wildman–Crippen MR) is 76.0 cm³/mol. The van der Waals surface area contributed by atoms with Crippen molar-refractivity contribution in [3.8, 4) is 12.1 Å². The van der Waals surface area contributed by atoms with Crippen LogP contribution in [0.4, 0.5) is 0 Å². The molecular formula is C14H12BrClN2O. The number of nitrogens with zero attached hydrogens (tertiary/aromatic N) is 2. The van der Waals surface area contributed by atoms with Gasteiger partial charge in [-0.25, -0.2) is 0 Å². The number of ether oxygens (including phenoxy) is 1. The molecule has 2 aliphatic carbocycles. The highest BCUT2D eigenvalue weighted by molar-refractivity contribution is 9.11. The molecule has 0 amide bonds. The molecule has 19 heavy (non-hydrogen) atoms. The Hall–Kier alpha value is -1.23. The van der Waals surface area contributed by atoms with Crippen LogP contribution in [0, 0.1) is 34.5 Å². The lowest BCUT2D eigenvalue weighted by molar-refractivity contribution is 0.117. The van der Waals surface area contributed by atoms with Crippen LogP contribution in [0.15, 0.2) is 33.5 Å². The van der Waals surface area contributed by atoms with Gasteiger partial charge in [0.15, 0.2) is 0 Å². The summed E-state index contributed by atoms with van der Waals surface area (Å²) in [6, 6.07) is 4.40. The zero-order valence-corrected chi connectivity index (χ0v) is 12.5. The van der Waals surface area contributed by atoms with E-state index < -0.39 is 0 Å². The fraction of sp³-hybridized carbons (Fsp3) is 0.429. The molecule has 0 aromatic heterocycles. The molecule has 0 fully saturated rings. The minimum atomic E-state index is -0.339. The van der Waals surface area contributed by atoms with E-state index in [9.17, 15) is 5.26 Å². The molecule has 0 heterocycles. The summed E-state index contributed by atoms with van der Waals surface area (Å²) in [6.45, 7) is 0. The van der Waals surface area contributed by atoms with Gasteiger partial charge >= 0.3 is 0 Å². The first-order valence-electron chi connectivity index (χ1n) is 6.03. The fourth-order valence-corrected chi connectivity index (χ4v) is 2.89. The number of halogens is 2. The average Bonchev–Trinajstić information content (AvgIpc) is 2.39. The zero-order valence-electron chi connectivity index (χ0n) is 10.1. The SMILES string of the molecule is N#CC1CC(C#N)C(OC2=CCCC(Cl)=C2)C=C1Br. The van der Waals surface area contributed by atoms with Gasteiger partial charge in [-0.15, -0.1) is 0 Å². The van der Waals surface area contributed by atoms with Crippen LogP contribution in [0.1, 0.15) is 19.3 Å². The predicted octanol–water partition coefficient (Wildman–Crippen LogP) is 4.13. The largest absolute Gasteiger partial charge is 0.485 e. The fourth-order valence-electron chi connectivity index (χ4n) is 2.12. The van der Waals surface area contributed by atoms with Crippen LogP contribution >= 0.6 is 27.5 Å². The molecule has 0 saturated carbocycles. The smallest absolute Gasteiger partial charge is 0.134 e. The lowest BCUT2D eigenvalue weighted by atomic mass is 9.86. The molecule has 0 aromatic carbocycles. The van der Waals surface area contributed by atoms with Gasteiger partial charge in [0, 0.05) is 9.51 Å². The van der Waals surface area contributed by atoms with Crippen LogP contribution in [0.25, 0.3) is 0 Å². The van der Waals surface area contributed by atoms with Crippen molar-refractivity contribution >= 4 is 27.5 Å². The van der Waals surface area contributed by atoms with Crippen LogP contribution in [0.3, 0.4) is 0 Å². The summed E-state index contributed by atoms with van der Waals surface area (Å²) in [6.07, 6.45) is 7.39. The Morgan fingerprint density at radius 2 is 2.16 bits per heavy atom. The van der Waals surface area contributed by atoms with Crippen LogP contribution in [0.5, 0.6) is 0 Å². The number of allylic oxidation sites excluding steroid dienone is 4. The molecule has 0 N–H and O–H groups in total. The molecular weight excluding hydrogens is 328 g/mol. The van der Waals surface area contributed by atoms with E-state index in [0.717, 1.165) is 22.4 Å². The lowest BCUT2D eigenvalue weighted by Crippen LogP contribution is -2.27. The highest BCUT2D eigenvalue weighted by Crippen LogP contribution is 2.35. The zero-order chi connectivity index (χ0) is 13.8. The molecule has 5 heteroatoms. The summed E-state index contributed by atoms with van der Waals surface area (Å²) in [4.78, 5) is 0. The Morgan fingerprint density at radius 3 is 2.79 bits per heavy atom. The molecule has 98 valence electrons. The van der Waals surface area contributed by atoms with Gasteiger partial charge in [0.05, 0.1) is 24.0 Å². The summed E-state index contributed by atoms with van der Waals surface area (Å²) >= 11 is 9.36. The van der Waals surface area contributed by atoms with Crippen molar-refractivity contribution in [1.29, 1.82) is 10.5 Å². The molecule has 0 radical (unpaired) electrons. The molecule has 0 aliphatic heterocycles. The second-order valence-corrected chi connectivity index (χ2v) is 5.92. The van der Waals surface area contributed by atoms with Crippen molar-refractivity contribution in [2.45, 2.75) is 25.4 Å². The molecule has 0 spiro atoms. The van der Waals surface area contributed by atoms with E-state index in [1.165, 1.54) is 0 Å².